The average molecular weight is 438 g/mol. The second kappa shape index (κ2) is 9.99. The molecule has 1 N–H and O–H groups in total. The van der Waals surface area contributed by atoms with Crippen LogP contribution < -0.4 is 10.1 Å². The largest absolute Gasteiger partial charge is 0.489 e. The number of nitrogens with zero attached hydrogens (tertiary/aromatic N) is 1. The minimum absolute atomic E-state index is 0.192. The Kier molecular flexibility index (Phi) is 7.69. The summed E-state index contributed by atoms with van der Waals surface area (Å²) < 4.78 is 6.39. The molecule has 0 saturated heterocycles. The highest BCUT2D eigenvalue weighted by atomic mass is 79.9. The summed E-state index contributed by atoms with van der Waals surface area (Å²) in [7, 11) is 2.94. The van der Waals surface area contributed by atoms with Crippen molar-refractivity contribution in [3.8, 4) is 5.75 Å². The zero-order valence-electron chi connectivity index (χ0n) is 14.3. The lowest BCUT2D eigenvalue weighted by atomic mass is 10.0. The third-order valence-corrected chi connectivity index (χ3v) is 3.76. The van der Waals surface area contributed by atoms with Crippen LogP contribution in [0.15, 0.2) is 57.6 Å². The van der Waals surface area contributed by atoms with E-state index in [1.165, 1.54) is 7.11 Å². The lowest BCUT2D eigenvalue weighted by molar-refractivity contribution is -0.114. The Balaban J connectivity index is 2.25. The van der Waals surface area contributed by atoms with Gasteiger partial charge in [-0.1, -0.05) is 53.2 Å². The van der Waals surface area contributed by atoms with Gasteiger partial charge < -0.3 is 14.9 Å². The molecule has 0 aliphatic carbocycles. The summed E-state index contributed by atoms with van der Waals surface area (Å²) in [6.45, 7) is 0.269. The first-order chi connectivity index (χ1) is 12.5. The number of hydrogen-bond donors (Lipinski definition) is 1. The topological polar surface area (TPSA) is 59.9 Å². The fraction of sp³-hybridized carbons (Fsp3) is 0.158. The number of benzene rings is 2. The van der Waals surface area contributed by atoms with Crippen LogP contribution in [0.25, 0.3) is 6.08 Å². The van der Waals surface area contributed by atoms with Gasteiger partial charge in [-0.25, -0.2) is 0 Å². The van der Waals surface area contributed by atoms with Gasteiger partial charge in [0, 0.05) is 12.6 Å². The molecule has 26 heavy (non-hydrogen) atoms. The van der Waals surface area contributed by atoms with E-state index in [0.717, 1.165) is 11.1 Å². The van der Waals surface area contributed by atoms with E-state index in [4.69, 9.17) is 21.2 Å². The van der Waals surface area contributed by atoms with Crippen LogP contribution in [-0.4, -0.2) is 25.8 Å². The third kappa shape index (κ3) is 5.61. The average Bonchev–Trinajstić information content (AvgIpc) is 2.64. The third-order valence-electron chi connectivity index (χ3n) is 3.43. The van der Waals surface area contributed by atoms with Gasteiger partial charge in [-0.2, -0.15) is 0 Å². The lowest BCUT2D eigenvalue weighted by Crippen LogP contribution is -2.29. The van der Waals surface area contributed by atoms with Gasteiger partial charge in [0.15, 0.2) is 5.71 Å². The molecule has 2 rings (SSSR count). The van der Waals surface area contributed by atoms with E-state index in [1.807, 2.05) is 42.5 Å². The van der Waals surface area contributed by atoms with E-state index >= 15 is 0 Å². The molecule has 0 bridgehead atoms. The molecule has 2 aromatic rings. The number of nitrogens with one attached hydrogen (secondary N) is 1. The van der Waals surface area contributed by atoms with Gasteiger partial charge in [0.05, 0.1) is 3.94 Å². The van der Waals surface area contributed by atoms with E-state index in [1.54, 1.807) is 19.2 Å². The lowest BCUT2D eigenvalue weighted by Gasteiger charge is -2.12. The number of ether oxygens (including phenoxy) is 1. The highest BCUT2D eigenvalue weighted by molar-refractivity contribution is 9.12. The molecule has 0 heterocycles. The SMILES string of the molecule is CNC(=O)/C(=N/OC)c1ccccc1COc1cccc(C=C(Cl)Br)c1. The number of hydrogen-bond acceptors (Lipinski definition) is 4. The van der Waals surface area contributed by atoms with Crippen molar-refractivity contribution in [2.75, 3.05) is 14.2 Å². The van der Waals surface area contributed by atoms with Gasteiger partial charge >= 0.3 is 0 Å². The summed E-state index contributed by atoms with van der Waals surface area (Å²) in [5.41, 5.74) is 2.56. The van der Waals surface area contributed by atoms with Gasteiger partial charge in [0.1, 0.15) is 19.5 Å². The maximum atomic E-state index is 12.1. The van der Waals surface area contributed by atoms with Gasteiger partial charge in [-0.3, -0.25) is 4.79 Å². The summed E-state index contributed by atoms with van der Waals surface area (Å²) in [6, 6.07) is 14.9. The Hall–Kier alpha value is -2.31. The number of rotatable bonds is 7. The van der Waals surface area contributed by atoms with Crippen molar-refractivity contribution in [2.45, 2.75) is 6.61 Å². The summed E-state index contributed by atoms with van der Waals surface area (Å²) in [6.07, 6.45) is 1.78. The minimum Gasteiger partial charge on any atom is -0.489 e. The number of carbonyl (C=O) groups is 1. The van der Waals surface area contributed by atoms with Crippen molar-refractivity contribution < 1.29 is 14.4 Å². The van der Waals surface area contributed by atoms with E-state index < -0.39 is 0 Å². The molecule has 0 fully saturated rings. The Morgan fingerprint density at radius 2 is 2.04 bits per heavy atom. The van der Waals surface area contributed by atoms with Crippen LogP contribution in [-0.2, 0) is 16.2 Å². The van der Waals surface area contributed by atoms with Crippen molar-refractivity contribution in [3.63, 3.8) is 0 Å². The second-order valence-corrected chi connectivity index (χ2v) is 6.87. The highest BCUT2D eigenvalue weighted by Crippen LogP contribution is 2.21. The minimum atomic E-state index is -0.335. The zero-order chi connectivity index (χ0) is 18.9. The zero-order valence-corrected chi connectivity index (χ0v) is 16.7. The Labute approximate surface area is 165 Å². The molecule has 7 heteroatoms. The van der Waals surface area contributed by atoms with Crippen molar-refractivity contribution in [3.05, 3.63) is 69.2 Å². The molecule has 2 aromatic carbocycles. The summed E-state index contributed by atoms with van der Waals surface area (Å²) in [5.74, 6) is 0.350. The van der Waals surface area contributed by atoms with Crippen molar-refractivity contribution in [1.82, 2.24) is 5.32 Å². The molecular weight excluding hydrogens is 420 g/mol. The van der Waals surface area contributed by atoms with Crippen LogP contribution in [0.5, 0.6) is 5.75 Å². The Bertz CT molecular complexity index is 833. The number of oxime groups is 1. The number of carbonyl (C=O) groups excluding carboxylic acids is 1. The van der Waals surface area contributed by atoms with Crippen LogP contribution in [0, 0.1) is 0 Å². The molecule has 136 valence electrons. The van der Waals surface area contributed by atoms with Crippen LogP contribution in [0.4, 0.5) is 0 Å². The molecule has 0 radical (unpaired) electrons. The molecule has 1 amide bonds. The maximum Gasteiger partial charge on any atom is 0.273 e. The van der Waals surface area contributed by atoms with E-state index in [2.05, 4.69) is 26.4 Å². The smallest absolute Gasteiger partial charge is 0.273 e. The molecule has 0 spiro atoms. The summed E-state index contributed by atoms with van der Waals surface area (Å²) >= 11 is 9.04. The van der Waals surface area contributed by atoms with E-state index in [9.17, 15) is 4.79 Å². The van der Waals surface area contributed by atoms with Crippen molar-refractivity contribution >= 4 is 45.2 Å². The highest BCUT2D eigenvalue weighted by Gasteiger charge is 2.17. The molecule has 0 aliphatic rings. The van der Waals surface area contributed by atoms with Crippen LogP contribution in [0.1, 0.15) is 16.7 Å². The van der Waals surface area contributed by atoms with Crippen LogP contribution in [0.3, 0.4) is 0 Å². The molecule has 5 nitrogen and oxygen atoms in total. The molecule has 0 saturated carbocycles. The molecule has 0 aromatic heterocycles. The fourth-order valence-electron chi connectivity index (χ4n) is 2.28. The summed E-state index contributed by atoms with van der Waals surface area (Å²) in [5, 5.41) is 6.41. The van der Waals surface area contributed by atoms with Gasteiger partial charge in [0.25, 0.3) is 5.91 Å². The number of amides is 1. The first-order valence-corrected chi connectivity index (χ1v) is 8.89. The van der Waals surface area contributed by atoms with Gasteiger partial charge in [-0.05, 0) is 45.3 Å². The normalized spacial score (nSPS) is 11.8. The molecule has 0 aliphatic heterocycles. The van der Waals surface area contributed by atoms with Crippen LogP contribution >= 0.6 is 27.5 Å². The predicted molar refractivity (Wildman–Crippen MR) is 108 cm³/mol. The molecular formula is C19H18BrClN2O3. The van der Waals surface area contributed by atoms with E-state index in [-0.39, 0.29) is 18.2 Å². The second-order valence-electron chi connectivity index (χ2n) is 5.15. The van der Waals surface area contributed by atoms with Gasteiger partial charge in [-0.15, -0.1) is 0 Å². The Morgan fingerprint density at radius 3 is 2.73 bits per heavy atom. The fourth-order valence-corrected chi connectivity index (χ4v) is 2.67. The van der Waals surface area contributed by atoms with Crippen LogP contribution in [0.2, 0.25) is 0 Å². The number of likely N-dealkylation sites (N-methyl/N-ethyl adjacent to an activating group) is 1. The van der Waals surface area contributed by atoms with E-state index in [0.29, 0.717) is 15.3 Å². The first-order valence-electron chi connectivity index (χ1n) is 7.72. The number of halogens is 2. The maximum absolute atomic E-state index is 12.1. The molecule has 0 atom stereocenters. The van der Waals surface area contributed by atoms with Crippen molar-refractivity contribution in [2.24, 2.45) is 5.16 Å². The van der Waals surface area contributed by atoms with Gasteiger partial charge in [0.2, 0.25) is 0 Å². The standard InChI is InChI=1S/C19H18BrClN2O3/c1-22-19(24)18(23-25-2)16-9-4-3-7-14(16)12-26-15-8-5-6-13(10-15)11-17(20)21/h3-11H,12H2,1-2H3,(H,22,24)/b17-11?,23-18+. The predicted octanol–water partition coefficient (Wildman–Crippen LogP) is 4.29. The summed E-state index contributed by atoms with van der Waals surface area (Å²) in [4.78, 5) is 16.9. The Morgan fingerprint density at radius 1 is 1.27 bits per heavy atom. The first kappa shape index (κ1) is 20.0. The van der Waals surface area contributed by atoms with Crippen molar-refractivity contribution in [1.29, 1.82) is 0 Å². The molecule has 0 unspecified atom stereocenters. The quantitative estimate of drug-likeness (QED) is 0.519. The monoisotopic (exact) mass is 436 g/mol.